The quantitative estimate of drug-likeness (QED) is 0.139. The average Bonchev–Trinajstić information content (AvgIpc) is 3.01. The summed E-state index contributed by atoms with van der Waals surface area (Å²) in [5, 5.41) is 8.05. The minimum absolute atomic E-state index is 0.00384. The summed E-state index contributed by atoms with van der Waals surface area (Å²) in [6, 6.07) is 17.3. The van der Waals surface area contributed by atoms with Crippen LogP contribution in [0.4, 0.5) is 35.4 Å². The lowest BCUT2D eigenvalue weighted by Crippen LogP contribution is -2.24. The Kier molecular flexibility index (Phi) is 11.1. The Hall–Kier alpha value is -6.05. The van der Waals surface area contributed by atoms with Crippen LogP contribution in [0.1, 0.15) is 63.3 Å². The van der Waals surface area contributed by atoms with Gasteiger partial charge < -0.3 is 25.4 Å². The van der Waals surface area contributed by atoms with Gasteiger partial charge in [0, 0.05) is 23.8 Å². The first-order valence-electron chi connectivity index (χ1n) is 15.0. The number of amides is 3. The lowest BCUT2D eigenvalue weighted by atomic mass is 10.1. The summed E-state index contributed by atoms with van der Waals surface area (Å²) in [6.45, 7) is 10.1. The zero-order valence-corrected chi connectivity index (χ0v) is 27.7. The summed E-state index contributed by atoms with van der Waals surface area (Å²) >= 11 is 0. The van der Waals surface area contributed by atoms with E-state index in [1.807, 2.05) is 0 Å². The normalized spacial score (nSPS) is 12.2. The van der Waals surface area contributed by atoms with Crippen LogP contribution in [0.25, 0.3) is 0 Å². The average molecular weight is 672 g/mol. The molecule has 2 aromatic carbocycles. The molecule has 0 bridgehead atoms. The molecule has 3 N–H and O–H groups in total. The standard InChI is InChI=1S/C35H35F2N7O5/c1-34(2,3)48-32(46)43-29(27-11-7-9-17-38-27)40-21-13-15-23(24(36)19-21)31(45)42-26-16-14-22(20-25(26)37)41-30(28-12-8-10-18-39-28)44-33(47)49-35(4,5)6/h7-20H,1-6H3,(H,42,45)(H,40,43,46)(H,41,44,47). The molecular weight excluding hydrogens is 636 g/mol. The van der Waals surface area contributed by atoms with Gasteiger partial charge in [-0.2, -0.15) is 9.98 Å². The van der Waals surface area contributed by atoms with Crippen molar-refractivity contribution in [3.63, 3.8) is 0 Å². The summed E-state index contributed by atoms with van der Waals surface area (Å²) in [5.74, 6) is -2.71. The highest BCUT2D eigenvalue weighted by Gasteiger charge is 2.20. The van der Waals surface area contributed by atoms with Crippen molar-refractivity contribution in [1.82, 2.24) is 9.97 Å². The molecule has 0 aliphatic rings. The van der Waals surface area contributed by atoms with Crippen molar-refractivity contribution in [2.75, 3.05) is 16.0 Å². The molecule has 4 rings (SSSR count). The highest BCUT2D eigenvalue weighted by atomic mass is 19.1. The van der Waals surface area contributed by atoms with E-state index in [0.29, 0.717) is 5.69 Å². The van der Waals surface area contributed by atoms with Gasteiger partial charge in [0.15, 0.2) is 11.7 Å². The maximum atomic E-state index is 15.2. The number of anilines is 3. The molecule has 14 heteroatoms. The first-order chi connectivity index (χ1) is 23.1. The SMILES string of the molecule is CC(C)(C)OC(=O)/N=C(/Nc1ccc(NC(=O)c2ccc(N/C(=N/C(=O)OC(C)(C)C)c3ccccn3)cc2F)c(F)c1)c1ccccn1. The van der Waals surface area contributed by atoms with E-state index >= 15 is 8.78 Å². The number of aromatic nitrogens is 2. The maximum absolute atomic E-state index is 15.2. The van der Waals surface area contributed by atoms with Gasteiger partial charge in [-0.3, -0.25) is 14.8 Å². The van der Waals surface area contributed by atoms with Crippen LogP contribution in [-0.4, -0.2) is 50.9 Å². The van der Waals surface area contributed by atoms with Crippen LogP contribution in [-0.2, 0) is 9.47 Å². The highest BCUT2D eigenvalue weighted by Crippen LogP contribution is 2.23. The molecule has 0 aliphatic heterocycles. The number of hydrogen-bond donors (Lipinski definition) is 3. The van der Waals surface area contributed by atoms with Gasteiger partial charge in [0.1, 0.15) is 34.2 Å². The predicted molar refractivity (Wildman–Crippen MR) is 182 cm³/mol. The van der Waals surface area contributed by atoms with Gasteiger partial charge in [0.05, 0.1) is 11.3 Å². The molecule has 0 radical (unpaired) electrons. The number of halogens is 2. The van der Waals surface area contributed by atoms with Crippen LogP contribution in [0.15, 0.2) is 95.2 Å². The number of nitrogens with one attached hydrogen (secondary N) is 3. The number of pyridine rings is 2. The Morgan fingerprint density at radius 1 is 0.633 bits per heavy atom. The number of aliphatic imine (C=N–C) groups is 2. The molecule has 0 fully saturated rings. The number of nitrogens with zero attached hydrogens (tertiary/aromatic N) is 4. The van der Waals surface area contributed by atoms with Crippen molar-refractivity contribution in [3.05, 3.63) is 114 Å². The third-order valence-corrected chi connectivity index (χ3v) is 5.96. The van der Waals surface area contributed by atoms with Crippen LogP contribution in [0.2, 0.25) is 0 Å². The van der Waals surface area contributed by atoms with E-state index < -0.39 is 40.9 Å². The number of ether oxygens (including phenoxy) is 2. The second-order valence-electron chi connectivity index (χ2n) is 12.4. The summed E-state index contributed by atoms with van der Waals surface area (Å²) in [4.78, 5) is 54.1. The molecule has 0 saturated carbocycles. The first kappa shape index (κ1) is 35.8. The van der Waals surface area contributed by atoms with Gasteiger partial charge in [0.25, 0.3) is 5.91 Å². The number of benzene rings is 2. The molecule has 49 heavy (non-hydrogen) atoms. The van der Waals surface area contributed by atoms with Crippen LogP contribution in [0, 0.1) is 11.6 Å². The molecular formula is C35H35F2N7O5. The Labute approximate surface area is 281 Å². The van der Waals surface area contributed by atoms with Crippen molar-refractivity contribution in [3.8, 4) is 0 Å². The minimum atomic E-state index is -0.933. The van der Waals surface area contributed by atoms with E-state index in [9.17, 15) is 14.4 Å². The molecule has 2 aromatic heterocycles. The molecule has 0 saturated heterocycles. The molecule has 0 aliphatic carbocycles. The van der Waals surface area contributed by atoms with Gasteiger partial charge in [-0.25, -0.2) is 18.4 Å². The van der Waals surface area contributed by atoms with Crippen LogP contribution < -0.4 is 16.0 Å². The fourth-order valence-corrected chi connectivity index (χ4v) is 3.99. The molecule has 3 amide bonds. The van der Waals surface area contributed by atoms with Crippen molar-refractivity contribution >= 4 is 46.8 Å². The second kappa shape index (κ2) is 15.2. The van der Waals surface area contributed by atoms with Crippen molar-refractivity contribution in [2.24, 2.45) is 9.98 Å². The van der Waals surface area contributed by atoms with Gasteiger partial charge in [0.2, 0.25) is 0 Å². The number of rotatable bonds is 6. The fourth-order valence-electron chi connectivity index (χ4n) is 3.99. The zero-order valence-electron chi connectivity index (χ0n) is 27.7. The fraction of sp³-hybridized carbons (Fsp3) is 0.229. The van der Waals surface area contributed by atoms with Gasteiger partial charge in [-0.15, -0.1) is 0 Å². The Balaban J connectivity index is 1.50. The monoisotopic (exact) mass is 671 g/mol. The van der Waals surface area contributed by atoms with E-state index in [4.69, 9.17) is 9.47 Å². The van der Waals surface area contributed by atoms with Crippen molar-refractivity contribution < 1.29 is 32.6 Å². The van der Waals surface area contributed by atoms with Crippen LogP contribution in [0.3, 0.4) is 0 Å². The van der Waals surface area contributed by atoms with Gasteiger partial charge in [-0.05, 0) is 102 Å². The number of carbonyl (C=O) groups is 3. The van der Waals surface area contributed by atoms with Crippen LogP contribution in [0.5, 0.6) is 0 Å². The smallest absolute Gasteiger partial charge is 0.436 e. The van der Waals surface area contributed by atoms with E-state index in [0.717, 1.165) is 12.1 Å². The molecule has 0 unspecified atom stereocenters. The Bertz CT molecular complexity index is 1890. The molecule has 2 heterocycles. The maximum Gasteiger partial charge on any atom is 0.436 e. The highest BCUT2D eigenvalue weighted by molar-refractivity contribution is 6.12. The molecule has 12 nitrogen and oxygen atoms in total. The second-order valence-corrected chi connectivity index (χ2v) is 12.4. The summed E-state index contributed by atoms with van der Waals surface area (Å²) in [6.07, 6.45) is 1.23. The lowest BCUT2D eigenvalue weighted by molar-refractivity contribution is 0.0592. The summed E-state index contributed by atoms with van der Waals surface area (Å²) < 4.78 is 40.9. The van der Waals surface area contributed by atoms with Crippen molar-refractivity contribution in [1.29, 1.82) is 0 Å². The van der Waals surface area contributed by atoms with Gasteiger partial charge in [-0.1, -0.05) is 12.1 Å². The van der Waals surface area contributed by atoms with E-state index in [1.54, 1.807) is 77.9 Å². The van der Waals surface area contributed by atoms with E-state index in [1.165, 1.54) is 36.7 Å². The summed E-state index contributed by atoms with van der Waals surface area (Å²) in [7, 11) is 0. The largest absolute Gasteiger partial charge is 0.442 e. The van der Waals surface area contributed by atoms with Gasteiger partial charge >= 0.3 is 12.2 Å². The molecule has 254 valence electrons. The lowest BCUT2D eigenvalue weighted by Gasteiger charge is -2.18. The first-order valence-corrected chi connectivity index (χ1v) is 15.0. The Morgan fingerprint density at radius 2 is 1.10 bits per heavy atom. The molecule has 0 atom stereocenters. The van der Waals surface area contributed by atoms with Crippen LogP contribution >= 0.6 is 0 Å². The molecule has 4 aromatic rings. The topological polar surface area (TPSA) is 156 Å². The number of amidine groups is 2. The van der Waals surface area contributed by atoms with Crippen molar-refractivity contribution in [2.45, 2.75) is 52.7 Å². The molecule has 0 spiro atoms. The zero-order chi connectivity index (χ0) is 35.8. The Morgan fingerprint density at radius 3 is 1.51 bits per heavy atom. The van der Waals surface area contributed by atoms with E-state index in [2.05, 4.69) is 35.9 Å². The third kappa shape index (κ3) is 11.0. The number of hydrogen-bond acceptors (Lipinski definition) is 7. The number of carbonyl (C=O) groups excluding carboxylic acids is 3. The third-order valence-electron chi connectivity index (χ3n) is 5.96. The minimum Gasteiger partial charge on any atom is -0.442 e. The summed E-state index contributed by atoms with van der Waals surface area (Å²) in [5.41, 5.74) is -1.29. The van der Waals surface area contributed by atoms with E-state index in [-0.39, 0.29) is 40.0 Å². The predicted octanol–water partition coefficient (Wildman–Crippen LogP) is 7.59.